The van der Waals surface area contributed by atoms with Gasteiger partial charge in [0.05, 0.1) is 0 Å². The molecule has 2 heterocycles. The summed E-state index contributed by atoms with van der Waals surface area (Å²) in [5.41, 5.74) is 0.765. The van der Waals surface area contributed by atoms with Gasteiger partial charge in [-0.05, 0) is 43.5 Å². The monoisotopic (exact) mass is 377 g/mol. The van der Waals surface area contributed by atoms with Crippen molar-refractivity contribution in [3.8, 4) is 0 Å². The van der Waals surface area contributed by atoms with Gasteiger partial charge in [-0.15, -0.1) is 0 Å². The SMILES string of the molecule is CCC(=O)NC1CCCN(C(=O)C2CCN(c3ccc(Cl)cc3)C2=O)C1. The summed E-state index contributed by atoms with van der Waals surface area (Å²) < 4.78 is 0. The van der Waals surface area contributed by atoms with Crippen LogP contribution in [0.4, 0.5) is 5.69 Å². The molecule has 1 N–H and O–H groups in total. The summed E-state index contributed by atoms with van der Waals surface area (Å²) in [4.78, 5) is 40.6. The van der Waals surface area contributed by atoms with E-state index < -0.39 is 5.92 Å². The molecule has 2 saturated heterocycles. The lowest BCUT2D eigenvalue weighted by atomic mass is 10.0. The van der Waals surface area contributed by atoms with E-state index in [9.17, 15) is 14.4 Å². The van der Waals surface area contributed by atoms with Gasteiger partial charge in [-0.1, -0.05) is 18.5 Å². The molecule has 6 nitrogen and oxygen atoms in total. The Kier molecular flexibility index (Phi) is 5.81. The fourth-order valence-corrected chi connectivity index (χ4v) is 3.76. The highest BCUT2D eigenvalue weighted by molar-refractivity contribution is 6.30. The van der Waals surface area contributed by atoms with Gasteiger partial charge in [0.25, 0.3) is 0 Å². The number of likely N-dealkylation sites (tertiary alicyclic amines) is 1. The van der Waals surface area contributed by atoms with E-state index in [-0.39, 0.29) is 23.8 Å². The molecule has 2 aliphatic rings. The predicted octanol–water partition coefficient (Wildman–Crippen LogP) is 2.21. The maximum atomic E-state index is 12.9. The first-order valence-electron chi connectivity index (χ1n) is 9.14. The number of benzene rings is 1. The zero-order chi connectivity index (χ0) is 18.7. The third-order valence-electron chi connectivity index (χ3n) is 5.06. The molecule has 0 radical (unpaired) electrons. The highest BCUT2D eigenvalue weighted by atomic mass is 35.5. The molecule has 3 rings (SSSR count). The number of rotatable bonds is 4. The quantitative estimate of drug-likeness (QED) is 0.818. The number of nitrogens with zero attached hydrogens (tertiary/aromatic N) is 2. The van der Waals surface area contributed by atoms with Crippen LogP contribution < -0.4 is 10.2 Å². The second-order valence-electron chi connectivity index (χ2n) is 6.85. The predicted molar refractivity (Wildman–Crippen MR) is 99.9 cm³/mol. The summed E-state index contributed by atoms with van der Waals surface area (Å²) in [6.45, 7) is 3.46. The van der Waals surface area contributed by atoms with Gasteiger partial charge in [-0.25, -0.2) is 0 Å². The number of anilines is 1. The Bertz CT molecular complexity index is 692. The Labute approximate surface area is 158 Å². The molecule has 2 aliphatic heterocycles. The largest absolute Gasteiger partial charge is 0.352 e. The van der Waals surface area contributed by atoms with Crippen molar-refractivity contribution in [1.29, 1.82) is 0 Å². The molecular formula is C19H24ClN3O3. The van der Waals surface area contributed by atoms with Gasteiger partial charge in [0.2, 0.25) is 17.7 Å². The molecule has 1 aromatic rings. The van der Waals surface area contributed by atoms with Gasteiger partial charge in [-0.2, -0.15) is 0 Å². The molecule has 0 spiro atoms. The number of carbonyl (C=O) groups is 3. The smallest absolute Gasteiger partial charge is 0.239 e. The van der Waals surface area contributed by atoms with E-state index in [1.54, 1.807) is 34.1 Å². The summed E-state index contributed by atoms with van der Waals surface area (Å²) in [5, 5.41) is 3.57. The van der Waals surface area contributed by atoms with Crippen LogP contribution in [0.15, 0.2) is 24.3 Å². The molecule has 0 saturated carbocycles. The summed E-state index contributed by atoms with van der Waals surface area (Å²) >= 11 is 5.90. The van der Waals surface area contributed by atoms with E-state index in [1.807, 2.05) is 6.92 Å². The molecule has 0 aromatic heterocycles. The lowest BCUT2D eigenvalue weighted by molar-refractivity contribution is -0.141. The average Bonchev–Trinajstić information content (AvgIpc) is 3.03. The first-order valence-corrected chi connectivity index (χ1v) is 9.52. The van der Waals surface area contributed by atoms with Crippen LogP contribution in [0.5, 0.6) is 0 Å². The first kappa shape index (κ1) is 18.7. The van der Waals surface area contributed by atoms with Gasteiger partial charge >= 0.3 is 0 Å². The van der Waals surface area contributed by atoms with Crippen LogP contribution in [0.1, 0.15) is 32.6 Å². The zero-order valence-electron chi connectivity index (χ0n) is 14.9. The van der Waals surface area contributed by atoms with Crippen molar-refractivity contribution in [2.45, 2.75) is 38.6 Å². The Balaban J connectivity index is 1.63. The van der Waals surface area contributed by atoms with Crippen molar-refractivity contribution in [3.63, 3.8) is 0 Å². The fraction of sp³-hybridized carbons (Fsp3) is 0.526. The van der Waals surface area contributed by atoms with Gasteiger partial charge in [0.15, 0.2) is 0 Å². The molecule has 0 aliphatic carbocycles. The van der Waals surface area contributed by atoms with Crippen molar-refractivity contribution >= 4 is 35.0 Å². The van der Waals surface area contributed by atoms with Crippen molar-refractivity contribution in [2.24, 2.45) is 5.92 Å². The third kappa shape index (κ3) is 4.01. The van der Waals surface area contributed by atoms with Crippen LogP contribution >= 0.6 is 11.6 Å². The topological polar surface area (TPSA) is 69.7 Å². The Morgan fingerprint density at radius 1 is 1.19 bits per heavy atom. The maximum absolute atomic E-state index is 12.9. The number of carbonyl (C=O) groups excluding carboxylic acids is 3. The van der Waals surface area contributed by atoms with Crippen molar-refractivity contribution in [1.82, 2.24) is 10.2 Å². The van der Waals surface area contributed by atoms with Crippen LogP contribution in [0, 0.1) is 5.92 Å². The second-order valence-corrected chi connectivity index (χ2v) is 7.29. The van der Waals surface area contributed by atoms with Crippen molar-refractivity contribution in [3.05, 3.63) is 29.3 Å². The summed E-state index contributed by atoms with van der Waals surface area (Å²) in [7, 11) is 0. The standard InChI is InChI=1S/C19H24ClN3O3/c1-2-17(24)21-14-4-3-10-22(12-14)18(25)16-9-11-23(19(16)26)15-7-5-13(20)6-8-15/h5-8,14,16H,2-4,9-12H2,1H3,(H,21,24). The molecular weight excluding hydrogens is 354 g/mol. The van der Waals surface area contributed by atoms with Crippen LogP contribution in [-0.4, -0.2) is 48.3 Å². The van der Waals surface area contributed by atoms with E-state index >= 15 is 0 Å². The third-order valence-corrected chi connectivity index (χ3v) is 5.31. The number of piperidine rings is 1. The normalized spacial score (nSPS) is 23.2. The second kappa shape index (κ2) is 8.08. The highest BCUT2D eigenvalue weighted by Crippen LogP contribution is 2.28. The lowest BCUT2D eigenvalue weighted by Gasteiger charge is -2.34. The van der Waals surface area contributed by atoms with Crippen molar-refractivity contribution in [2.75, 3.05) is 24.5 Å². The van der Waals surface area contributed by atoms with Crippen LogP contribution in [0.3, 0.4) is 0 Å². The van der Waals surface area contributed by atoms with E-state index in [4.69, 9.17) is 11.6 Å². The Morgan fingerprint density at radius 2 is 1.92 bits per heavy atom. The number of halogens is 1. The van der Waals surface area contributed by atoms with Gasteiger partial charge in [0.1, 0.15) is 5.92 Å². The highest BCUT2D eigenvalue weighted by Gasteiger charge is 2.40. The maximum Gasteiger partial charge on any atom is 0.239 e. The van der Waals surface area contributed by atoms with E-state index in [0.29, 0.717) is 37.5 Å². The summed E-state index contributed by atoms with van der Waals surface area (Å²) in [6, 6.07) is 7.05. The fourth-order valence-electron chi connectivity index (χ4n) is 3.63. The number of hydrogen-bond donors (Lipinski definition) is 1. The van der Waals surface area contributed by atoms with E-state index in [1.165, 1.54) is 0 Å². The molecule has 3 amide bonds. The Hall–Kier alpha value is -2.08. The zero-order valence-corrected chi connectivity index (χ0v) is 15.7. The van der Waals surface area contributed by atoms with E-state index in [2.05, 4.69) is 5.32 Å². The lowest BCUT2D eigenvalue weighted by Crippen LogP contribution is -2.51. The number of nitrogens with one attached hydrogen (secondary N) is 1. The molecule has 2 unspecified atom stereocenters. The van der Waals surface area contributed by atoms with Crippen LogP contribution in [0.2, 0.25) is 5.02 Å². The minimum Gasteiger partial charge on any atom is -0.352 e. The molecule has 26 heavy (non-hydrogen) atoms. The average molecular weight is 378 g/mol. The van der Waals surface area contributed by atoms with Crippen LogP contribution in [0.25, 0.3) is 0 Å². The van der Waals surface area contributed by atoms with Gasteiger partial charge in [-0.3, -0.25) is 14.4 Å². The Morgan fingerprint density at radius 3 is 2.62 bits per heavy atom. The number of amides is 3. The molecule has 140 valence electrons. The van der Waals surface area contributed by atoms with E-state index in [0.717, 1.165) is 18.5 Å². The molecule has 1 aromatic carbocycles. The van der Waals surface area contributed by atoms with Crippen LogP contribution in [-0.2, 0) is 14.4 Å². The molecule has 2 atom stereocenters. The van der Waals surface area contributed by atoms with Gasteiger partial charge in [0, 0.05) is 42.8 Å². The molecule has 0 bridgehead atoms. The summed E-state index contributed by atoms with van der Waals surface area (Å²) in [6.07, 6.45) is 2.65. The number of hydrogen-bond acceptors (Lipinski definition) is 3. The first-order chi connectivity index (χ1) is 12.5. The van der Waals surface area contributed by atoms with Gasteiger partial charge < -0.3 is 15.1 Å². The minimum atomic E-state index is -0.633. The molecule has 7 heteroatoms. The summed E-state index contributed by atoms with van der Waals surface area (Å²) in [5.74, 6) is -0.916. The molecule has 2 fully saturated rings. The van der Waals surface area contributed by atoms with Crippen molar-refractivity contribution < 1.29 is 14.4 Å². The minimum absolute atomic E-state index is 0.00449.